The van der Waals surface area contributed by atoms with Crippen molar-refractivity contribution in [1.82, 2.24) is 5.32 Å². The van der Waals surface area contributed by atoms with Crippen molar-refractivity contribution in [3.8, 4) is 0 Å². The Hall–Kier alpha value is -0.536. The van der Waals surface area contributed by atoms with Crippen LogP contribution in [0.25, 0.3) is 0 Å². The second-order valence-electron chi connectivity index (χ2n) is 2.33. The summed E-state index contributed by atoms with van der Waals surface area (Å²) in [6.45, 7) is 0. The van der Waals surface area contributed by atoms with E-state index in [-0.39, 0.29) is 44.5 Å². The van der Waals surface area contributed by atoms with E-state index >= 15 is 0 Å². The maximum atomic E-state index is 10.9. The summed E-state index contributed by atoms with van der Waals surface area (Å²) in [6.07, 6.45) is 0. The summed E-state index contributed by atoms with van der Waals surface area (Å²) >= 11 is 0. The first-order valence-electron chi connectivity index (χ1n) is 3.24. The third-order valence-electron chi connectivity index (χ3n) is 1.64. The van der Waals surface area contributed by atoms with Crippen LogP contribution in [0.3, 0.4) is 0 Å². The Morgan fingerprint density at radius 3 is 1.75 bits per heavy atom. The molecule has 2 amide bonds. The van der Waals surface area contributed by atoms with Crippen molar-refractivity contribution in [2.45, 2.75) is 0 Å². The molecule has 0 aromatic heterocycles. The van der Waals surface area contributed by atoms with Gasteiger partial charge >= 0.3 is 0 Å². The molecule has 0 bridgehead atoms. The van der Waals surface area contributed by atoms with Crippen molar-refractivity contribution in [3.05, 3.63) is 35.4 Å². The van der Waals surface area contributed by atoms with Crippen molar-refractivity contribution in [2.75, 3.05) is 0 Å². The quantitative estimate of drug-likeness (QED) is 0.669. The van der Waals surface area contributed by atoms with Crippen LogP contribution in [-0.2, 0) is 32.7 Å². The van der Waals surface area contributed by atoms with E-state index < -0.39 is 0 Å². The van der Waals surface area contributed by atoms with Gasteiger partial charge in [-0.2, -0.15) is 0 Å². The zero-order valence-corrected chi connectivity index (χ0v) is 9.04. The van der Waals surface area contributed by atoms with Gasteiger partial charge in [-0.3, -0.25) is 14.9 Å². The molecule has 0 saturated heterocycles. The molecule has 2 rings (SSSR count). The van der Waals surface area contributed by atoms with Crippen molar-refractivity contribution >= 4 is 11.8 Å². The molecule has 1 aromatic rings. The molecule has 1 N–H and O–H groups in total. The fraction of sp³-hybridized carbons (Fsp3) is 0. The van der Waals surface area contributed by atoms with Crippen LogP contribution in [-0.4, -0.2) is 11.8 Å². The molecule has 4 heteroatoms. The van der Waals surface area contributed by atoms with E-state index in [1.165, 1.54) is 0 Å². The molecule has 1 aromatic carbocycles. The largest absolute Gasteiger partial charge is 0.288 e. The van der Waals surface area contributed by atoms with Gasteiger partial charge in [-0.1, -0.05) is 12.1 Å². The van der Waals surface area contributed by atoms with Crippen LogP contribution in [0.1, 0.15) is 20.7 Å². The van der Waals surface area contributed by atoms with Crippen molar-refractivity contribution in [3.63, 3.8) is 0 Å². The minimum Gasteiger partial charge on any atom is -0.288 e. The minimum absolute atomic E-state index is 0. The number of carbonyl (C=O) groups is 2. The first kappa shape index (κ1) is 9.55. The molecule has 12 heavy (non-hydrogen) atoms. The van der Waals surface area contributed by atoms with E-state index in [0.29, 0.717) is 11.1 Å². The van der Waals surface area contributed by atoms with Crippen molar-refractivity contribution in [1.29, 1.82) is 0 Å². The first-order chi connectivity index (χ1) is 5.29. The molecule has 0 saturated carbocycles. The molecule has 0 aliphatic carbocycles. The minimum atomic E-state index is -0.300. The predicted molar refractivity (Wildman–Crippen MR) is 38.2 cm³/mol. The maximum absolute atomic E-state index is 10.9. The zero-order valence-electron chi connectivity index (χ0n) is 6.20. The van der Waals surface area contributed by atoms with Crippen LogP contribution in [0.4, 0.5) is 0 Å². The number of imide groups is 1. The molecule has 0 unspecified atom stereocenters. The summed E-state index contributed by atoms with van der Waals surface area (Å²) in [5, 5.41) is 2.20. The predicted octanol–water partition coefficient (Wildman–Crippen LogP) is 0.568. The van der Waals surface area contributed by atoms with Crippen LogP contribution in [0.15, 0.2) is 24.3 Å². The fourth-order valence-corrected chi connectivity index (χ4v) is 1.12. The number of hydrogen-bond donors (Lipinski definition) is 1. The third-order valence-corrected chi connectivity index (χ3v) is 1.64. The Morgan fingerprint density at radius 1 is 0.917 bits per heavy atom. The average Bonchev–Trinajstić information content (AvgIpc) is 2.30. The van der Waals surface area contributed by atoms with E-state index in [4.69, 9.17) is 0 Å². The summed E-state index contributed by atoms with van der Waals surface area (Å²) in [5.41, 5.74) is 0.940. The molecule has 1 radical (unpaired) electrons. The standard InChI is InChI=1S/C8H5NO2.Y/c10-7-5-3-1-2-4-6(5)8(11)9-7;/h1-4H,(H,9,10,11);. The van der Waals surface area contributed by atoms with Crippen LogP contribution >= 0.6 is 0 Å². The molecule has 3 nitrogen and oxygen atoms in total. The number of fused-ring (bicyclic) bond motifs is 1. The summed E-state index contributed by atoms with van der Waals surface area (Å²) in [4.78, 5) is 21.9. The second kappa shape index (κ2) is 3.46. The third kappa shape index (κ3) is 1.34. The number of amides is 2. The summed E-state index contributed by atoms with van der Waals surface area (Å²) in [7, 11) is 0. The van der Waals surface area contributed by atoms with Gasteiger partial charge in [0.15, 0.2) is 0 Å². The fourth-order valence-electron chi connectivity index (χ4n) is 1.12. The second-order valence-corrected chi connectivity index (χ2v) is 2.33. The molecule has 1 heterocycles. The summed E-state index contributed by atoms with van der Waals surface area (Å²) < 4.78 is 0. The SMILES string of the molecule is O=C1NC(=O)c2ccccc21.[Y]. The molecule has 1 aliphatic rings. The Bertz CT molecular complexity index is 316. The summed E-state index contributed by atoms with van der Waals surface area (Å²) in [6, 6.07) is 6.74. The molecule has 0 fully saturated rings. The Morgan fingerprint density at radius 2 is 1.33 bits per heavy atom. The van der Waals surface area contributed by atoms with E-state index in [2.05, 4.69) is 5.32 Å². The zero-order chi connectivity index (χ0) is 7.84. The van der Waals surface area contributed by atoms with Gasteiger partial charge in [-0.15, -0.1) is 0 Å². The van der Waals surface area contributed by atoms with Gasteiger partial charge in [0.05, 0.1) is 11.1 Å². The van der Waals surface area contributed by atoms with E-state index in [9.17, 15) is 9.59 Å². The van der Waals surface area contributed by atoms with Crippen LogP contribution in [0.2, 0.25) is 0 Å². The van der Waals surface area contributed by atoms with E-state index in [1.54, 1.807) is 24.3 Å². The Kier molecular flexibility index (Phi) is 2.75. The molecule has 57 valence electrons. The van der Waals surface area contributed by atoms with Gasteiger partial charge in [-0.05, 0) is 12.1 Å². The Balaban J connectivity index is 0.000000720. The number of hydrogen-bond acceptors (Lipinski definition) is 2. The van der Waals surface area contributed by atoms with Gasteiger partial charge in [0.1, 0.15) is 0 Å². The van der Waals surface area contributed by atoms with E-state index in [1.807, 2.05) is 0 Å². The van der Waals surface area contributed by atoms with Gasteiger partial charge < -0.3 is 0 Å². The summed E-state index contributed by atoms with van der Waals surface area (Å²) in [5.74, 6) is -0.601. The van der Waals surface area contributed by atoms with Crippen LogP contribution < -0.4 is 5.32 Å². The number of carbonyl (C=O) groups excluding carboxylic acids is 2. The average molecular weight is 236 g/mol. The molecule has 0 spiro atoms. The van der Waals surface area contributed by atoms with Gasteiger partial charge in [0, 0.05) is 32.7 Å². The number of benzene rings is 1. The number of rotatable bonds is 0. The molecule has 0 atom stereocenters. The van der Waals surface area contributed by atoms with Crippen LogP contribution in [0, 0.1) is 0 Å². The topological polar surface area (TPSA) is 46.2 Å². The Labute approximate surface area is 94.4 Å². The monoisotopic (exact) mass is 236 g/mol. The van der Waals surface area contributed by atoms with Crippen molar-refractivity contribution < 1.29 is 42.3 Å². The normalized spacial score (nSPS) is 13.3. The van der Waals surface area contributed by atoms with Gasteiger partial charge in [0.25, 0.3) is 11.8 Å². The number of nitrogens with one attached hydrogen (secondary N) is 1. The smallest absolute Gasteiger partial charge is 0.258 e. The first-order valence-corrected chi connectivity index (χ1v) is 3.24. The molecular formula is C8H5NO2Y. The maximum Gasteiger partial charge on any atom is 0.258 e. The van der Waals surface area contributed by atoms with Gasteiger partial charge in [-0.25, -0.2) is 0 Å². The van der Waals surface area contributed by atoms with Crippen molar-refractivity contribution in [2.24, 2.45) is 0 Å². The molecular weight excluding hydrogens is 231 g/mol. The van der Waals surface area contributed by atoms with Crippen LogP contribution in [0.5, 0.6) is 0 Å². The molecule has 1 aliphatic heterocycles. The van der Waals surface area contributed by atoms with Gasteiger partial charge in [0.2, 0.25) is 0 Å². The van der Waals surface area contributed by atoms with E-state index in [0.717, 1.165) is 0 Å².